The third kappa shape index (κ3) is 6.16. The third-order valence-corrected chi connectivity index (χ3v) is 6.83. The number of pyridine rings is 1. The van der Waals surface area contributed by atoms with E-state index in [0.29, 0.717) is 0 Å². The van der Waals surface area contributed by atoms with Crippen molar-refractivity contribution in [3.8, 4) is 0 Å². The molecule has 7 heteroatoms. The number of nitrogens with zero attached hydrogens (tertiary/aromatic N) is 4. The van der Waals surface area contributed by atoms with E-state index in [4.69, 9.17) is 9.72 Å². The quantitative estimate of drug-likeness (QED) is 0.643. The molecule has 0 spiro atoms. The number of methoxy groups -OCH3 is 1. The summed E-state index contributed by atoms with van der Waals surface area (Å²) in [6.45, 7) is 9.44. The number of benzene rings is 1. The molecule has 2 fully saturated rings. The Morgan fingerprint density at radius 1 is 1.06 bits per heavy atom. The first-order valence-corrected chi connectivity index (χ1v) is 12.0. The summed E-state index contributed by atoms with van der Waals surface area (Å²) in [6.07, 6.45) is 1.91. The number of hydrogen-bond acceptors (Lipinski definition) is 5. The number of halogens is 1. The fraction of sp³-hybridized carbons (Fsp3) is 0.538. The van der Waals surface area contributed by atoms with E-state index >= 15 is 0 Å². The Labute approximate surface area is 196 Å². The van der Waals surface area contributed by atoms with E-state index in [2.05, 4.69) is 9.80 Å². The maximum atomic E-state index is 13.5. The Morgan fingerprint density at radius 2 is 1.82 bits per heavy atom. The lowest BCUT2D eigenvalue weighted by atomic mass is 9.89. The number of likely N-dealkylation sites (tertiary alicyclic amines) is 1. The molecule has 2 aliphatic heterocycles. The highest BCUT2D eigenvalue weighted by Crippen LogP contribution is 2.31. The van der Waals surface area contributed by atoms with Crippen molar-refractivity contribution in [2.75, 3.05) is 59.5 Å². The van der Waals surface area contributed by atoms with Crippen molar-refractivity contribution >= 4 is 5.91 Å². The van der Waals surface area contributed by atoms with E-state index in [1.54, 1.807) is 19.2 Å². The van der Waals surface area contributed by atoms with Crippen LogP contribution in [0.2, 0.25) is 0 Å². The van der Waals surface area contributed by atoms with Crippen LogP contribution < -0.4 is 0 Å². The average Bonchev–Trinajstić information content (AvgIpc) is 2.83. The molecule has 1 aromatic heterocycles. The Morgan fingerprint density at radius 3 is 2.52 bits per heavy atom. The molecule has 0 aliphatic carbocycles. The summed E-state index contributed by atoms with van der Waals surface area (Å²) in [6, 6.07) is 10.8. The van der Waals surface area contributed by atoms with Gasteiger partial charge < -0.3 is 9.64 Å². The summed E-state index contributed by atoms with van der Waals surface area (Å²) in [4.78, 5) is 25.0. The van der Waals surface area contributed by atoms with E-state index in [1.807, 2.05) is 30.0 Å². The number of aromatic nitrogens is 1. The fourth-order valence-electron chi connectivity index (χ4n) is 4.89. The van der Waals surface area contributed by atoms with Gasteiger partial charge in [-0.2, -0.15) is 0 Å². The minimum atomic E-state index is -0.186. The zero-order chi connectivity index (χ0) is 23.2. The summed E-state index contributed by atoms with van der Waals surface area (Å²) < 4.78 is 18.7. The van der Waals surface area contributed by atoms with Gasteiger partial charge in [-0.15, -0.1) is 0 Å². The van der Waals surface area contributed by atoms with Crippen LogP contribution in [0.3, 0.4) is 0 Å². The first-order chi connectivity index (χ1) is 16.0. The molecule has 0 saturated carbocycles. The van der Waals surface area contributed by atoms with Gasteiger partial charge in [-0.3, -0.25) is 19.6 Å². The van der Waals surface area contributed by atoms with Crippen molar-refractivity contribution in [3.05, 3.63) is 64.7 Å². The highest BCUT2D eigenvalue weighted by molar-refractivity contribution is 5.95. The van der Waals surface area contributed by atoms with Crippen molar-refractivity contribution in [1.82, 2.24) is 19.7 Å². The molecule has 178 valence electrons. The van der Waals surface area contributed by atoms with Crippen LogP contribution in [0.5, 0.6) is 0 Å². The van der Waals surface area contributed by atoms with Crippen LogP contribution in [0.15, 0.2) is 36.4 Å². The summed E-state index contributed by atoms with van der Waals surface area (Å²) in [5.74, 6) is 0.190. The first kappa shape index (κ1) is 23.8. The molecule has 2 aromatic rings. The molecule has 4 rings (SSSR count). The fourth-order valence-corrected chi connectivity index (χ4v) is 4.89. The Bertz CT molecular complexity index is 938. The van der Waals surface area contributed by atoms with Crippen LogP contribution in [-0.4, -0.2) is 85.1 Å². The van der Waals surface area contributed by atoms with E-state index < -0.39 is 0 Å². The topological polar surface area (TPSA) is 48.9 Å². The van der Waals surface area contributed by atoms with Crippen LogP contribution in [0.25, 0.3) is 0 Å². The highest BCUT2D eigenvalue weighted by Gasteiger charge is 2.29. The van der Waals surface area contributed by atoms with Crippen molar-refractivity contribution in [2.24, 2.45) is 0 Å². The van der Waals surface area contributed by atoms with E-state index in [-0.39, 0.29) is 17.6 Å². The van der Waals surface area contributed by atoms with Crippen molar-refractivity contribution < 1.29 is 13.9 Å². The van der Waals surface area contributed by atoms with Crippen LogP contribution in [-0.2, 0) is 11.3 Å². The molecular formula is C26H35FN4O2. The van der Waals surface area contributed by atoms with Gasteiger partial charge >= 0.3 is 0 Å². The molecule has 2 aliphatic rings. The second-order valence-electron chi connectivity index (χ2n) is 9.19. The van der Waals surface area contributed by atoms with Gasteiger partial charge in [0.1, 0.15) is 5.82 Å². The van der Waals surface area contributed by atoms with Gasteiger partial charge in [0.15, 0.2) is 0 Å². The van der Waals surface area contributed by atoms with Gasteiger partial charge in [0, 0.05) is 58.0 Å². The molecule has 0 atom stereocenters. The normalized spacial score (nSPS) is 18.6. The minimum absolute atomic E-state index is 0.103. The van der Waals surface area contributed by atoms with Gasteiger partial charge in [-0.05, 0) is 62.7 Å². The lowest BCUT2D eigenvalue weighted by molar-refractivity contribution is 0.0591. The molecule has 1 amide bonds. The van der Waals surface area contributed by atoms with E-state index in [1.165, 1.54) is 6.07 Å². The van der Waals surface area contributed by atoms with Gasteiger partial charge in [-0.25, -0.2) is 4.39 Å². The van der Waals surface area contributed by atoms with Gasteiger partial charge in [0.25, 0.3) is 5.91 Å². The number of piperazine rings is 1. The monoisotopic (exact) mass is 454 g/mol. The minimum Gasteiger partial charge on any atom is -0.383 e. The maximum absolute atomic E-state index is 13.5. The second kappa shape index (κ2) is 11.2. The molecule has 0 unspecified atom stereocenters. The molecule has 0 bridgehead atoms. The molecule has 1 aromatic carbocycles. The van der Waals surface area contributed by atoms with E-state index in [9.17, 15) is 9.18 Å². The zero-order valence-electron chi connectivity index (χ0n) is 19.8. The zero-order valence-corrected chi connectivity index (χ0v) is 19.8. The molecule has 2 saturated heterocycles. The SMILES string of the molecule is COCCN1CCN(C(=O)c2ccc(C)nc2C2CCN(Cc3cccc(F)c3)CC2)CC1. The van der Waals surface area contributed by atoms with Crippen molar-refractivity contribution in [2.45, 2.75) is 32.2 Å². The number of carbonyl (C=O) groups excluding carboxylic acids is 1. The molecule has 6 nitrogen and oxygen atoms in total. The van der Waals surface area contributed by atoms with Crippen LogP contribution in [0.4, 0.5) is 4.39 Å². The lowest BCUT2D eigenvalue weighted by Crippen LogP contribution is -2.49. The van der Waals surface area contributed by atoms with Crippen molar-refractivity contribution in [3.63, 3.8) is 0 Å². The molecular weight excluding hydrogens is 419 g/mol. The first-order valence-electron chi connectivity index (χ1n) is 12.0. The molecule has 3 heterocycles. The molecule has 0 N–H and O–H groups in total. The Kier molecular flexibility index (Phi) is 8.06. The number of rotatable bonds is 7. The number of amides is 1. The molecule has 0 radical (unpaired) electrons. The predicted octanol–water partition coefficient (Wildman–Crippen LogP) is 3.31. The lowest BCUT2D eigenvalue weighted by Gasteiger charge is -2.36. The summed E-state index contributed by atoms with van der Waals surface area (Å²) in [5, 5.41) is 0. The third-order valence-electron chi connectivity index (χ3n) is 6.83. The summed E-state index contributed by atoms with van der Waals surface area (Å²) in [5.41, 5.74) is 3.66. The molecule has 33 heavy (non-hydrogen) atoms. The van der Waals surface area contributed by atoms with Crippen LogP contribution >= 0.6 is 0 Å². The van der Waals surface area contributed by atoms with Gasteiger partial charge in [0.05, 0.1) is 17.9 Å². The summed E-state index contributed by atoms with van der Waals surface area (Å²) in [7, 11) is 1.72. The van der Waals surface area contributed by atoms with Gasteiger partial charge in [-0.1, -0.05) is 12.1 Å². The smallest absolute Gasteiger partial charge is 0.255 e. The number of carbonyl (C=O) groups is 1. The number of piperidine rings is 1. The van der Waals surface area contributed by atoms with Crippen molar-refractivity contribution in [1.29, 1.82) is 0 Å². The number of ether oxygens (including phenoxy) is 1. The maximum Gasteiger partial charge on any atom is 0.255 e. The second-order valence-corrected chi connectivity index (χ2v) is 9.19. The van der Waals surface area contributed by atoms with E-state index in [0.717, 1.165) is 94.3 Å². The number of aryl methyl sites for hydroxylation is 1. The largest absolute Gasteiger partial charge is 0.383 e. The van der Waals surface area contributed by atoms with Crippen LogP contribution in [0.1, 0.15) is 46.1 Å². The Hall–Kier alpha value is -2.35. The predicted molar refractivity (Wildman–Crippen MR) is 127 cm³/mol. The standard InChI is InChI=1S/C26H35FN4O2/c1-20-6-7-24(26(32)31-14-12-29(13-15-31)16-17-33-2)25(28-20)22-8-10-30(11-9-22)19-21-4-3-5-23(27)18-21/h3-7,18,22H,8-17,19H2,1-2H3. The highest BCUT2D eigenvalue weighted by atomic mass is 19.1. The summed E-state index contributed by atoms with van der Waals surface area (Å²) >= 11 is 0. The number of hydrogen-bond donors (Lipinski definition) is 0. The average molecular weight is 455 g/mol. The van der Waals surface area contributed by atoms with Crippen LogP contribution in [0, 0.1) is 12.7 Å². The Balaban J connectivity index is 1.39. The van der Waals surface area contributed by atoms with Gasteiger partial charge in [0.2, 0.25) is 0 Å².